The standard InChI is InChI=1S/C20H22N6OS3/c1-11-13(3)29-18-15(11)16(22-10-23-18)26-7-4-14(5-8-26)17(27)25-20-24-12(2)19(30-20)28-9-6-21/h10,14H,4-5,7-9H2,1-3H3,(H,24,25,27). The van der Waals surface area contributed by atoms with Crippen LogP contribution in [-0.2, 0) is 4.79 Å². The second-order valence-electron chi connectivity index (χ2n) is 7.25. The Labute approximate surface area is 187 Å². The van der Waals surface area contributed by atoms with Crippen LogP contribution in [0.2, 0.25) is 0 Å². The summed E-state index contributed by atoms with van der Waals surface area (Å²) in [5.41, 5.74) is 2.11. The molecule has 1 amide bonds. The number of thiophene rings is 1. The molecular formula is C20H22N6OS3. The Morgan fingerprint density at radius 1 is 1.30 bits per heavy atom. The lowest BCUT2D eigenvalue weighted by atomic mass is 9.96. The predicted molar refractivity (Wildman–Crippen MR) is 124 cm³/mol. The van der Waals surface area contributed by atoms with Gasteiger partial charge in [0.2, 0.25) is 5.91 Å². The lowest BCUT2D eigenvalue weighted by molar-refractivity contribution is -0.120. The van der Waals surface area contributed by atoms with Crippen LogP contribution in [0, 0.1) is 38.0 Å². The van der Waals surface area contributed by atoms with Crippen LogP contribution in [0.4, 0.5) is 10.9 Å². The number of nitrogens with zero attached hydrogens (tertiary/aromatic N) is 5. The maximum Gasteiger partial charge on any atom is 0.229 e. The Morgan fingerprint density at radius 3 is 2.80 bits per heavy atom. The Balaban J connectivity index is 1.40. The molecule has 0 spiro atoms. The molecule has 7 nitrogen and oxygen atoms in total. The molecule has 0 aliphatic carbocycles. The maximum atomic E-state index is 12.8. The quantitative estimate of drug-likeness (QED) is 0.561. The van der Waals surface area contributed by atoms with Crippen molar-refractivity contribution < 1.29 is 4.79 Å². The summed E-state index contributed by atoms with van der Waals surface area (Å²) in [6.45, 7) is 7.73. The van der Waals surface area contributed by atoms with Gasteiger partial charge in [-0.2, -0.15) is 5.26 Å². The minimum atomic E-state index is -0.0386. The zero-order valence-electron chi connectivity index (χ0n) is 17.1. The maximum absolute atomic E-state index is 12.8. The fraction of sp³-hybridized carbons (Fsp3) is 0.450. The number of anilines is 2. The smallest absolute Gasteiger partial charge is 0.229 e. The molecule has 1 N–H and O–H groups in total. The highest BCUT2D eigenvalue weighted by Gasteiger charge is 2.28. The van der Waals surface area contributed by atoms with Gasteiger partial charge in [-0.3, -0.25) is 4.79 Å². The van der Waals surface area contributed by atoms with E-state index >= 15 is 0 Å². The number of carbonyl (C=O) groups is 1. The van der Waals surface area contributed by atoms with Crippen LogP contribution in [0.3, 0.4) is 0 Å². The highest BCUT2D eigenvalue weighted by Crippen LogP contribution is 2.36. The molecule has 4 heterocycles. The molecule has 0 bridgehead atoms. The molecule has 4 rings (SSSR count). The number of thiazole rings is 1. The summed E-state index contributed by atoms with van der Waals surface area (Å²) in [4.78, 5) is 30.8. The number of piperidine rings is 1. The molecule has 0 radical (unpaired) electrons. The summed E-state index contributed by atoms with van der Waals surface area (Å²) in [6.07, 6.45) is 3.19. The number of aromatic nitrogens is 3. The lowest BCUT2D eigenvalue weighted by Gasteiger charge is -2.32. The molecule has 1 aliphatic heterocycles. The first kappa shape index (κ1) is 21.0. The van der Waals surface area contributed by atoms with E-state index in [1.807, 2.05) is 6.92 Å². The Kier molecular flexibility index (Phi) is 6.22. The fourth-order valence-electron chi connectivity index (χ4n) is 3.63. The molecule has 0 unspecified atom stereocenters. The third-order valence-corrected chi connectivity index (χ3v) is 8.78. The molecule has 30 heavy (non-hydrogen) atoms. The van der Waals surface area contributed by atoms with Crippen molar-refractivity contribution >= 4 is 61.5 Å². The van der Waals surface area contributed by atoms with Crippen LogP contribution in [-0.4, -0.2) is 39.7 Å². The first-order valence-electron chi connectivity index (χ1n) is 9.71. The number of nitriles is 1. The normalized spacial score (nSPS) is 14.8. The largest absolute Gasteiger partial charge is 0.356 e. The SMILES string of the molecule is Cc1nc(NC(=O)C2CCN(c3ncnc4sc(C)c(C)c34)CC2)sc1SCC#N. The third kappa shape index (κ3) is 4.15. The van der Waals surface area contributed by atoms with Crippen LogP contribution in [0.1, 0.15) is 29.0 Å². The molecule has 1 saturated heterocycles. The van der Waals surface area contributed by atoms with Crippen LogP contribution < -0.4 is 10.2 Å². The van der Waals surface area contributed by atoms with Gasteiger partial charge < -0.3 is 10.2 Å². The number of nitrogens with one attached hydrogen (secondary N) is 1. The van der Waals surface area contributed by atoms with Gasteiger partial charge in [-0.15, -0.1) is 11.3 Å². The van der Waals surface area contributed by atoms with Gasteiger partial charge in [0.15, 0.2) is 5.13 Å². The number of aryl methyl sites for hydroxylation is 3. The monoisotopic (exact) mass is 458 g/mol. The van der Waals surface area contributed by atoms with Crippen molar-refractivity contribution in [2.45, 2.75) is 37.8 Å². The summed E-state index contributed by atoms with van der Waals surface area (Å²) in [5, 5.41) is 13.5. The second-order valence-corrected chi connectivity index (χ2v) is 10.7. The minimum absolute atomic E-state index is 0.0237. The molecular weight excluding hydrogens is 436 g/mol. The number of carbonyl (C=O) groups excluding carboxylic acids is 1. The van der Waals surface area contributed by atoms with Gasteiger partial charge in [-0.25, -0.2) is 15.0 Å². The first-order chi connectivity index (χ1) is 14.5. The van der Waals surface area contributed by atoms with Crippen LogP contribution in [0.25, 0.3) is 10.2 Å². The van der Waals surface area contributed by atoms with Crippen molar-refractivity contribution in [2.75, 3.05) is 29.1 Å². The van der Waals surface area contributed by atoms with Crippen molar-refractivity contribution in [2.24, 2.45) is 5.92 Å². The number of hydrogen-bond donors (Lipinski definition) is 1. The van der Waals surface area contributed by atoms with Gasteiger partial charge in [0.1, 0.15) is 17.0 Å². The number of thioether (sulfide) groups is 1. The summed E-state index contributed by atoms with van der Waals surface area (Å²) in [6, 6.07) is 2.12. The van der Waals surface area contributed by atoms with E-state index in [-0.39, 0.29) is 11.8 Å². The van der Waals surface area contributed by atoms with E-state index in [4.69, 9.17) is 5.26 Å². The number of rotatable bonds is 5. The van der Waals surface area contributed by atoms with Gasteiger partial charge in [0.25, 0.3) is 0 Å². The van der Waals surface area contributed by atoms with E-state index in [0.717, 1.165) is 51.9 Å². The Morgan fingerprint density at radius 2 is 2.07 bits per heavy atom. The summed E-state index contributed by atoms with van der Waals surface area (Å²) in [5.74, 6) is 1.35. The van der Waals surface area contributed by atoms with Crippen LogP contribution in [0.5, 0.6) is 0 Å². The van der Waals surface area contributed by atoms with E-state index in [1.54, 1.807) is 17.7 Å². The van der Waals surface area contributed by atoms with E-state index in [1.165, 1.54) is 33.5 Å². The molecule has 3 aromatic heterocycles. The van der Waals surface area contributed by atoms with Gasteiger partial charge in [0.05, 0.1) is 27.1 Å². The van der Waals surface area contributed by atoms with Gasteiger partial charge in [-0.05, 0) is 39.2 Å². The van der Waals surface area contributed by atoms with Crippen LogP contribution in [0.15, 0.2) is 10.5 Å². The highest BCUT2D eigenvalue weighted by molar-refractivity contribution is 8.01. The van der Waals surface area contributed by atoms with E-state index in [0.29, 0.717) is 10.9 Å². The minimum Gasteiger partial charge on any atom is -0.356 e. The molecule has 3 aromatic rings. The van der Waals surface area contributed by atoms with E-state index < -0.39 is 0 Å². The van der Waals surface area contributed by atoms with E-state index in [2.05, 4.69) is 45.1 Å². The predicted octanol–water partition coefficient (Wildman–Crippen LogP) is 4.54. The second kappa shape index (κ2) is 8.88. The van der Waals surface area contributed by atoms with Crippen molar-refractivity contribution in [1.82, 2.24) is 15.0 Å². The van der Waals surface area contributed by atoms with Crippen molar-refractivity contribution in [3.63, 3.8) is 0 Å². The van der Waals surface area contributed by atoms with Gasteiger partial charge in [0, 0.05) is 23.9 Å². The molecule has 0 atom stereocenters. The van der Waals surface area contributed by atoms with Crippen LogP contribution >= 0.6 is 34.4 Å². The molecule has 156 valence electrons. The Hall–Kier alpha value is -2.22. The van der Waals surface area contributed by atoms with Crippen molar-refractivity contribution in [3.05, 3.63) is 22.5 Å². The van der Waals surface area contributed by atoms with Gasteiger partial charge in [-0.1, -0.05) is 23.1 Å². The number of hydrogen-bond acceptors (Lipinski definition) is 9. The third-order valence-electron chi connectivity index (χ3n) is 5.36. The molecule has 0 saturated carbocycles. The molecule has 1 aliphatic rings. The van der Waals surface area contributed by atoms with Crippen molar-refractivity contribution in [1.29, 1.82) is 5.26 Å². The summed E-state index contributed by atoms with van der Waals surface area (Å²) < 4.78 is 0.982. The summed E-state index contributed by atoms with van der Waals surface area (Å²) in [7, 11) is 0. The molecule has 0 aromatic carbocycles. The first-order valence-corrected chi connectivity index (χ1v) is 12.3. The highest BCUT2D eigenvalue weighted by atomic mass is 32.2. The number of amides is 1. The van der Waals surface area contributed by atoms with Crippen molar-refractivity contribution in [3.8, 4) is 6.07 Å². The Bertz CT molecular complexity index is 1120. The lowest BCUT2D eigenvalue weighted by Crippen LogP contribution is -2.38. The average Bonchev–Trinajstić information content (AvgIpc) is 3.24. The molecule has 10 heteroatoms. The van der Waals surface area contributed by atoms with E-state index in [9.17, 15) is 4.79 Å². The number of fused-ring (bicyclic) bond motifs is 1. The van der Waals surface area contributed by atoms with Gasteiger partial charge >= 0.3 is 0 Å². The molecule has 1 fully saturated rings. The summed E-state index contributed by atoms with van der Waals surface area (Å²) >= 11 is 4.60. The zero-order chi connectivity index (χ0) is 21.3. The fourth-order valence-corrected chi connectivity index (χ4v) is 6.43. The zero-order valence-corrected chi connectivity index (χ0v) is 19.5. The average molecular weight is 459 g/mol. The topological polar surface area (TPSA) is 94.8 Å².